The van der Waals surface area contributed by atoms with Gasteiger partial charge in [-0.2, -0.15) is 0 Å². The van der Waals surface area contributed by atoms with E-state index in [1.165, 1.54) is 16.8 Å². The summed E-state index contributed by atoms with van der Waals surface area (Å²) in [7, 11) is 0. The van der Waals surface area contributed by atoms with E-state index in [4.69, 9.17) is 4.74 Å². The summed E-state index contributed by atoms with van der Waals surface area (Å²) < 4.78 is 11.1. The summed E-state index contributed by atoms with van der Waals surface area (Å²) in [4.78, 5) is 35.1. The van der Waals surface area contributed by atoms with Crippen LogP contribution in [0.5, 0.6) is 5.75 Å². The number of ether oxygens (including phenoxy) is 2. The average Bonchev–Trinajstić information content (AvgIpc) is 2.76. The first-order valence-electron chi connectivity index (χ1n) is 7.17. The largest absolute Gasteiger partial charge is 0.505 e. The summed E-state index contributed by atoms with van der Waals surface area (Å²) in [6.45, 7) is 6.47. The summed E-state index contributed by atoms with van der Waals surface area (Å²) in [5, 5.41) is 12.1. The van der Waals surface area contributed by atoms with E-state index in [-0.39, 0.29) is 31.1 Å². The highest BCUT2D eigenvalue weighted by Gasteiger charge is 2.24. The molecule has 0 radical (unpaired) electrons. The Kier molecular flexibility index (Phi) is 6.18. The van der Waals surface area contributed by atoms with Gasteiger partial charge in [0.25, 0.3) is 0 Å². The van der Waals surface area contributed by atoms with Crippen LogP contribution in [-0.2, 0) is 25.6 Å². The Bertz CT molecular complexity index is 585. The Morgan fingerprint density at radius 1 is 1.30 bits per heavy atom. The van der Waals surface area contributed by atoms with Crippen molar-refractivity contribution in [3.63, 3.8) is 0 Å². The van der Waals surface area contributed by atoms with Crippen LogP contribution in [-0.4, -0.2) is 46.3 Å². The first-order chi connectivity index (χ1) is 10.6. The van der Waals surface area contributed by atoms with Gasteiger partial charge in [-0.05, 0) is 33.8 Å². The molecule has 23 heavy (non-hydrogen) atoms. The number of hydrogen-bond donors (Lipinski definition) is 2. The SMILES string of the molecule is CCOC(=O)CNC(=O)Cn1ccc(O)c1C(=O)OC(C)(C)C. The molecule has 0 aliphatic heterocycles. The third kappa shape index (κ3) is 6.01. The molecule has 1 heterocycles. The summed E-state index contributed by atoms with van der Waals surface area (Å²) in [5.41, 5.74) is -0.851. The number of aromatic nitrogens is 1. The second-order valence-electron chi connectivity index (χ2n) is 5.76. The zero-order chi connectivity index (χ0) is 17.6. The number of rotatable bonds is 6. The normalized spacial score (nSPS) is 11.0. The van der Waals surface area contributed by atoms with Crippen LogP contribution in [0.15, 0.2) is 12.3 Å². The van der Waals surface area contributed by atoms with Crippen LogP contribution in [0, 0.1) is 0 Å². The number of esters is 2. The molecule has 1 aromatic heterocycles. The van der Waals surface area contributed by atoms with E-state index in [9.17, 15) is 19.5 Å². The number of hydrogen-bond acceptors (Lipinski definition) is 6. The molecule has 2 N–H and O–H groups in total. The lowest BCUT2D eigenvalue weighted by atomic mass is 10.2. The molecule has 0 spiro atoms. The second kappa shape index (κ2) is 7.66. The molecule has 1 aromatic rings. The Balaban J connectivity index is 2.73. The van der Waals surface area contributed by atoms with Gasteiger partial charge >= 0.3 is 11.9 Å². The van der Waals surface area contributed by atoms with Gasteiger partial charge in [-0.1, -0.05) is 0 Å². The second-order valence-corrected chi connectivity index (χ2v) is 5.76. The van der Waals surface area contributed by atoms with Gasteiger partial charge in [0.2, 0.25) is 5.91 Å². The predicted molar refractivity (Wildman–Crippen MR) is 80.9 cm³/mol. The highest BCUT2D eigenvalue weighted by atomic mass is 16.6. The van der Waals surface area contributed by atoms with E-state index in [1.807, 2.05) is 0 Å². The maximum Gasteiger partial charge on any atom is 0.359 e. The molecule has 1 amide bonds. The first-order valence-corrected chi connectivity index (χ1v) is 7.17. The minimum atomic E-state index is -0.738. The van der Waals surface area contributed by atoms with Gasteiger partial charge in [-0.15, -0.1) is 0 Å². The van der Waals surface area contributed by atoms with Crippen molar-refractivity contribution in [3.05, 3.63) is 18.0 Å². The van der Waals surface area contributed by atoms with Crippen LogP contribution in [0.2, 0.25) is 0 Å². The summed E-state index contributed by atoms with van der Waals surface area (Å²) in [6, 6.07) is 1.29. The van der Waals surface area contributed by atoms with Gasteiger partial charge in [-0.25, -0.2) is 4.79 Å². The van der Waals surface area contributed by atoms with Crippen LogP contribution in [0.3, 0.4) is 0 Å². The van der Waals surface area contributed by atoms with Gasteiger partial charge < -0.3 is 24.5 Å². The third-order valence-electron chi connectivity index (χ3n) is 2.58. The molecule has 0 unspecified atom stereocenters. The molecule has 0 atom stereocenters. The van der Waals surface area contributed by atoms with Crippen molar-refractivity contribution < 1.29 is 29.0 Å². The van der Waals surface area contributed by atoms with Crippen molar-refractivity contribution >= 4 is 17.8 Å². The van der Waals surface area contributed by atoms with Gasteiger partial charge in [0.15, 0.2) is 5.69 Å². The fourth-order valence-electron chi connectivity index (χ4n) is 1.73. The van der Waals surface area contributed by atoms with Crippen molar-refractivity contribution in [3.8, 4) is 5.75 Å². The van der Waals surface area contributed by atoms with Crippen LogP contribution < -0.4 is 5.32 Å². The van der Waals surface area contributed by atoms with Crippen molar-refractivity contribution in [2.24, 2.45) is 0 Å². The molecule has 0 aliphatic carbocycles. The van der Waals surface area contributed by atoms with E-state index in [2.05, 4.69) is 10.1 Å². The zero-order valence-corrected chi connectivity index (χ0v) is 13.7. The molecule has 0 saturated heterocycles. The minimum absolute atomic E-state index is 0.119. The maximum absolute atomic E-state index is 12.1. The van der Waals surface area contributed by atoms with E-state index >= 15 is 0 Å². The molecular weight excluding hydrogens is 304 g/mol. The number of amides is 1. The smallest absolute Gasteiger partial charge is 0.359 e. The fourth-order valence-corrected chi connectivity index (χ4v) is 1.73. The Morgan fingerprint density at radius 3 is 2.52 bits per heavy atom. The predicted octanol–water partition coefficient (Wildman–Crippen LogP) is 0.828. The van der Waals surface area contributed by atoms with E-state index in [0.717, 1.165) is 0 Å². The average molecular weight is 326 g/mol. The molecular formula is C15H22N2O6. The molecule has 1 rings (SSSR count). The van der Waals surface area contributed by atoms with Gasteiger partial charge in [0.1, 0.15) is 24.4 Å². The van der Waals surface area contributed by atoms with Crippen LogP contribution in [0.1, 0.15) is 38.2 Å². The number of aromatic hydroxyl groups is 1. The lowest BCUT2D eigenvalue weighted by Crippen LogP contribution is -2.34. The number of nitrogens with one attached hydrogen (secondary N) is 1. The molecule has 0 aromatic carbocycles. The minimum Gasteiger partial charge on any atom is -0.505 e. The van der Waals surface area contributed by atoms with Crippen molar-refractivity contribution in [1.29, 1.82) is 0 Å². The first kappa shape index (κ1) is 18.5. The van der Waals surface area contributed by atoms with Crippen molar-refractivity contribution in [1.82, 2.24) is 9.88 Å². The van der Waals surface area contributed by atoms with E-state index < -0.39 is 23.4 Å². The molecule has 0 fully saturated rings. The lowest BCUT2D eigenvalue weighted by molar-refractivity contribution is -0.143. The summed E-state index contributed by atoms with van der Waals surface area (Å²) >= 11 is 0. The highest BCUT2D eigenvalue weighted by molar-refractivity contribution is 5.92. The Hall–Kier alpha value is -2.51. The third-order valence-corrected chi connectivity index (χ3v) is 2.58. The van der Waals surface area contributed by atoms with Crippen molar-refractivity contribution in [2.75, 3.05) is 13.2 Å². The quantitative estimate of drug-likeness (QED) is 0.750. The maximum atomic E-state index is 12.1. The molecule has 128 valence electrons. The molecule has 0 bridgehead atoms. The standard InChI is InChI=1S/C15H22N2O6/c1-5-22-12(20)8-16-11(19)9-17-7-6-10(18)13(17)14(21)23-15(2,3)4/h6-7,18H,5,8-9H2,1-4H3,(H,16,19). The van der Waals surface area contributed by atoms with E-state index in [0.29, 0.717) is 0 Å². The fraction of sp³-hybridized carbons (Fsp3) is 0.533. The molecule has 0 aliphatic rings. The monoisotopic (exact) mass is 326 g/mol. The molecule has 8 heteroatoms. The summed E-state index contributed by atoms with van der Waals surface area (Å²) in [5.74, 6) is -2.07. The Morgan fingerprint density at radius 2 is 1.96 bits per heavy atom. The van der Waals surface area contributed by atoms with Crippen LogP contribution in [0.4, 0.5) is 0 Å². The van der Waals surface area contributed by atoms with Crippen molar-refractivity contribution in [2.45, 2.75) is 39.8 Å². The lowest BCUT2D eigenvalue weighted by Gasteiger charge is -2.20. The topological polar surface area (TPSA) is 107 Å². The van der Waals surface area contributed by atoms with Gasteiger partial charge in [-0.3, -0.25) is 9.59 Å². The zero-order valence-electron chi connectivity index (χ0n) is 13.7. The highest BCUT2D eigenvalue weighted by Crippen LogP contribution is 2.21. The Labute approximate surface area is 134 Å². The van der Waals surface area contributed by atoms with E-state index in [1.54, 1.807) is 27.7 Å². The van der Waals surface area contributed by atoms with Crippen LogP contribution in [0.25, 0.3) is 0 Å². The van der Waals surface area contributed by atoms with Gasteiger partial charge in [0, 0.05) is 6.20 Å². The number of nitrogens with zero attached hydrogens (tertiary/aromatic N) is 1. The molecule has 0 saturated carbocycles. The number of carbonyl (C=O) groups excluding carboxylic acids is 3. The number of carbonyl (C=O) groups is 3. The van der Waals surface area contributed by atoms with Gasteiger partial charge in [0.05, 0.1) is 6.61 Å². The summed E-state index contributed by atoms with van der Waals surface area (Å²) in [6.07, 6.45) is 1.39. The molecule has 8 nitrogen and oxygen atoms in total. The van der Waals surface area contributed by atoms with Crippen LogP contribution >= 0.6 is 0 Å².